The Morgan fingerprint density at radius 1 is 1.10 bits per heavy atom. The molecule has 2 rings (SSSR count). The molecule has 0 aromatic carbocycles. The molecule has 1 fully saturated rings. The second kappa shape index (κ2) is 12.9. The van der Waals surface area contributed by atoms with Gasteiger partial charge in [-0.15, -0.1) is 0 Å². The van der Waals surface area contributed by atoms with Gasteiger partial charge in [-0.1, -0.05) is 0 Å². The van der Waals surface area contributed by atoms with Gasteiger partial charge in [0, 0.05) is 71.3 Å². The monoisotopic (exact) mass is 434 g/mol. The van der Waals surface area contributed by atoms with E-state index in [4.69, 9.17) is 4.74 Å². The van der Waals surface area contributed by atoms with Gasteiger partial charge in [0.1, 0.15) is 5.60 Å². The lowest BCUT2D eigenvalue weighted by molar-refractivity contribution is 0.0529. The Kier molecular flexibility index (Phi) is 10.3. The summed E-state index contributed by atoms with van der Waals surface area (Å²) >= 11 is 0. The Labute approximate surface area is 185 Å². The van der Waals surface area contributed by atoms with Crippen molar-refractivity contribution in [3.63, 3.8) is 0 Å². The van der Waals surface area contributed by atoms with Crippen LogP contribution in [0.1, 0.15) is 34.1 Å². The van der Waals surface area contributed by atoms with Crippen LogP contribution in [0.15, 0.2) is 23.5 Å². The van der Waals surface area contributed by atoms with Crippen LogP contribution in [-0.4, -0.2) is 91.4 Å². The zero-order chi connectivity index (χ0) is 22.5. The van der Waals surface area contributed by atoms with E-state index in [0.717, 1.165) is 64.1 Å². The second-order valence-corrected chi connectivity index (χ2v) is 8.35. The molecule has 2 heterocycles. The number of carbonyl (C=O) groups excluding carboxylic acids is 1. The highest BCUT2D eigenvalue weighted by Gasteiger charge is 2.18. The average Bonchev–Trinajstić information content (AvgIpc) is 2.74. The van der Waals surface area contributed by atoms with Crippen molar-refractivity contribution in [2.75, 3.05) is 63.8 Å². The fourth-order valence-corrected chi connectivity index (χ4v) is 3.11. The number of anilines is 1. The SMILES string of the molecule is CCNC(=NCCCN1CCN(c2ncccn2)CC1)NCCNC(=O)OC(C)(C)C. The number of aliphatic imine (C=N–C) groups is 1. The number of alkyl carbamates (subject to hydrolysis) is 1. The van der Waals surface area contributed by atoms with Crippen LogP contribution in [0.25, 0.3) is 0 Å². The Morgan fingerprint density at radius 2 is 1.77 bits per heavy atom. The average molecular weight is 435 g/mol. The van der Waals surface area contributed by atoms with Crippen molar-refractivity contribution < 1.29 is 9.53 Å². The maximum Gasteiger partial charge on any atom is 0.407 e. The molecule has 1 amide bonds. The third-order valence-electron chi connectivity index (χ3n) is 4.54. The third-order valence-corrected chi connectivity index (χ3v) is 4.54. The molecule has 1 aromatic heterocycles. The van der Waals surface area contributed by atoms with Gasteiger partial charge in [0.2, 0.25) is 5.95 Å². The molecule has 31 heavy (non-hydrogen) atoms. The van der Waals surface area contributed by atoms with Crippen LogP contribution in [0.4, 0.5) is 10.7 Å². The number of ether oxygens (including phenoxy) is 1. The van der Waals surface area contributed by atoms with E-state index in [0.29, 0.717) is 13.1 Å². The fourth-order valence-electron chi connectivity index (χ4n) is 3.11. The van der Waals surface area contributed by atoms with Crippen LogP contribution in [0, 0.1) is 0 Å². The van der Waals surface area contributed by atoms with E-state index in [-0.39, 0.29) is 0 Å². The molecule has 0 spiro atoms. The summed E-state index contributed by atoms with van der Waals surface area (Å²) in [5.41, 5.74) is -0.490. The molecule has 0 saturated carbocycles. The van der Waals surface area contributed by atoms with Gasteiger partial charge in [0.15, 0.2) is 5.96 Å². The van der Waals surface area contributed by atoms with Crippen molar-refractivity contribution in [3.8, 4) is 0 Å². The van der Waals surface area contributed by atoms with Crippen LogP contribution in [-0.2, 0) is 4.74 Å². The van der Waals surface area contributed by atoms with Crippen LogP contribution in [0.5, 0.6) is 0 Å². The van der Waals surface area contributed by atoms with Crippen LogP contribution in [0.3, 0.4) is 0 Å². The summed E-state index contributed by atoms with van der Waals surface area (Å²) in [6.45, 7) is 15.1. The van der Waals surface area contributed by atoms with E-state index in [1.165, 1.54) is 0 Å². The molecule has 0 bridgehead atoms. The second-order valence-electron chi connectivity index (χ2n) is 8.35. The lowest BCUT2D eigenvalue weighted by Crippen LogP contribution is -2.47. The van der Waals surface area contributed by atoms with Crippen molar-refractivity contribution in [1.82, 2.24) is 30.8 Å². The Morgan fingerprint density at radius 3 is 2.42 bits per heavy atom. The number of rotatable bonds is 9. The molecule has 0 radical (unpaired) electrons. The normalized spacial score (nSPS) is 15.5. The predicted molar refractivity (Wildman–Crippen MR) is 124 cm³/mol. The van der Waals surface area contributed by atoms with E-state index in [1.54, 1.807) is 12.4 Å². The lowest BCUT2D eigenvalue weighted by Gasteiger charge is -2.34. The quantitative estimate of drug-likeness (QED) is 0.301. The number of nitrogens with one attached hydrogen (secondary N) is 3. The van der Waals surface area contributed by atoms with Crippen LogP contribution in [0.2, 0.25) is 0 Å². The van der Waals surface area contributed by atoms with Gasteiger partial charge < -0.3 is 25.6 Å². The lowest BCUT2D eigenvalue weighted by atomic mass is 10.2. The summed E-state index contributed by atoms with van der Waals surface area (Å²) in [5, 5.41) is 9.20. The summed E-state index contributed by atoms with van der Waals surface area (Å²) in [4.78, 5) is 29.6. The zero-order valence-corrected chi connectivity index (χ0v) is 19.4. The van der Waals surface area contributed by atoms with Gasteiger partial charge in [-0.3, -0.25) is 9.89 Å². The molecular formula is C21H38N8O2. The molecule has 10 heteroatoms. The summed E-state index contributed by atoms with van der Waals surface area (Å²) in [6, 6.07) is 1.84. The smallest absolute Gasteiger partial charge is 0.407 e. The van der Waals surface area contributed by atoms with Crippen molar-refractivity contribution in [2.24, 2.45) is 4.99 Å². The summed E-state index contributed by atoms with van der Waals surface area (Å²) in [6.07, 6.45) is 4.16. The number of guanidine groups is 1. The molecule has 1 saturated heterocycles. The first-order valence-corrected chi connectivity index (χ1v) is 11.1. The number of piperazine rings is 1. The number of nitrogens with zero attached hydrogens (tertiary/aromatic N) is 5. The first-order chi connectivity index (χ1) is 14.9. The van der Waals surface area contributed by atoms with Gasteiger partial charge in [-0.2, -0.15) is 0 Å². The molecule has 0 atom stereocenters. The zero-order valence-electron chi connectivity index (χ0n) is 19.4. The van der Waals surface area contributed by atoms with Crippen LogP contribution < -0.4 is 20.9 Å². The maximum absolute atomic E-state index is 11.7. The topological polar surface area (TPSA) is 107 Å². The Balaban J connectivity index is 1.61. The molecular weight excluding hydrogens is 396 g/mol. The summed E-state index contributed by atoms with van der Waals surface area (Å²) in [5.74, 6) is 1.58. The van der Waals surface area contributed by atoms with Gasteiger partial charge in [0.05, 0.1) is 0 Å². The van der Waals surface area contributed by atoms with Crippen molar-refractivity contribution in [3.05, 3.63) is 18.5 Å². The van der Waals surface area contributed by atoms with E-state index >= 15 is 0 Å². The first-order valence-electron chi connectivity index (χ1n) is 11.1. The molecule has 0 aliphatic carbocycles. The highest BCUT2D eigenvalue weighted by atomic mass is 16.6. The summed E-state index contributed by atoms with van der Waals surface area (Å²) < 4.78 is 5.22. The van der Waals surface area contributed by atoms with Gasteiger partial charge in [-0.25, -0.2) is 14.8 Å². The third kappa shape index (κ3) is 10.3. The molecule has 10 nitrogen and oxygen atoms in total. The number of hydrogen-bond acceptors (Lipinski definition) is 7. The van der Waals surface area contributed by atoms with Crippen molar-refractivity contribution in [1.29, 1.82) is 0 Å². The van der Waals surface area contributed by atoms with E-state index in [9.17, 15) is 4.79 Å². The predicted octanol–water partition coefficient (Wildman–Crippen LogP) is 1.07. The number of amides is 1. The minimum Gasteiger partial charge on any atom is -0.444 e. The molecule has 1 aliphatic heterocycles. The number of hydrogen-bond donors (Lipinski definition) is 3. The van der Waals surface area contributed by atoms with E-state index in [2.05, 4.69) is 40.7 Å². The molecule has 1 aliphatic rings. The van der Waals surface area contributed by atoms with Crippen molar-refractivity contribution in [2.45, 2.75) is 39.7 Å². The summed E-state index contributed by atoms with van der Waals surface area (Å²) in [7, 11) is 0. The van der Waals surface area contributed by atoms with E-state index in [1.807, 2.05) is 33.8 Å². The number of aromatic nitrogens is 2. The molecule has 174 valence electrons. The molecule has 1 aromatic rings. The van der Waals surface area contributed by atoms with Gasteiger partial charge in [-0.05, 0) is 40.2 Å². The standard InChI is InChI=1S/C21H38N8O2/c1-5-22-18(24-11-12-27-20(30)31-21(2,3)4)23-10-7-13-28-14-16-29(17-15-28)19-25-8-6-9-26-19/h6,8-9H,5,7,10-17H2,1-4H3,(H,27,30)(H2,22,23,24). The minimum atomic E-state index is -0.490. The number of carbonyl (C=O) groups is 1. The highest BCUT2D eigenvalue weighted by Crippen LogP contribution is 2.09. The maximum atomic E-state index is 11.7. The minimum absolute atomic E-state index is 0.407. The van der Waals surface area contributed by atoms with Crippen molar-refractivity contribution >= 4 is 18.0 Å². The fraction of sp³-hybridized carbons (Fsp3) is 0.714. The largest absolute Gasteiger partial charge is 0.444 e. The van der Waals surface area contributed by atoms with E-state index < -0.39 is 11.7 Å². The molecule has 0 unspecified atom stereocenters. The Bertz CT molecular complexity index is 670. The Hall–Kier alpha value is -2.62. The van der Waals surface area contributed by atoms with Gasteiger partial charge in [0.25, 0.3) is 0 Å². The first kappa shape index (κ1) is 24.6. The van der Waals surface area contributed by atoms with Crippen LogP contribution >= 0.6 is 0 Å². The molecule has 3 N–H and O–H groups in total. The van der Waals surface area contributed by atoms with Gasteiger partial charge >= 0.3 is 6.09 Å². The highest BCUT2D eigenvalue weighted by molar-refractivity contribution is 5.79.